The number of nitrogens with zero attached hydrogens (tertiary/aromatic N) is 4. The molecule has 4 rings (SSSR count). The van der Waals surface area contributed by atoms with E-state index in [9.17, 15) is 8.42 Å². The maximum atomic E-state index is 12.0. The first-order chi connectivity index (χ1) is 11.9. The Morgan fingerprint density at radius 1 is 1.32 bits per heavy atom. The molecule has 0 amide bonds. The fourth-order valence-corrected chi connectivity index (χ4v) is 5.11. The highest BCUT2D eigenvalue weighted by Crippen LogP contribution is 2.36. The van der Waals surface area contributed by atoms with E-state index in [1.54, 1.807) is 6.33 Å². The van der Waals surface area contributed by atoms with Gasteiger partial charge in [0.15, 0.2) is 0 Å². The molecule has 3 atom stereocenters. The Kier molecular flexibility index (Phi) is 4.33. The summed E-state index contributed by atoms with van der Waals surface area (Å²) in [4.78, 5) is 12.8. The third kappa shape index (κ3) is 3.45. The molecule has 25 heavy (non-hydrogen) atoms. The molecule has 3 aliphatic rings. The van der Waals surface area contributed by atoms with Crippen LogP contribution in [-0.2, 0) is 14.8 Å². The van der Waals surface area contributed by atoms with Gasteiger partial charge in [-0.15, -0.1) is 0 Å². The van der Waals surface area contributed by atoms with Gasteiger partial charge in [0.2, 0.25) is 10.0 Å². The zero-order chi connectivity index (χ0) is 17.6. The van der Waals surface area contributed by atoms with Gasteiger partial charge in [-0.05, 0) is 12.8 Å². The zero-order valence-corrected chi connectivity index (χ0v) is 15.4. The van der Waals surface area contributed by atoms with Crippen LogP contribution in [0.15, 0.2) is 12.4 Å². The molecule has 0 radical (unpaired) electrons. The number of nitrogens with one attached hydrogen (secondary N) is 1. The second kappa shape index (κ2) is 6.37. The fraction of sp³-hybridized carbons (Fsp3) is 0.750. The molecule has 1 aromatic rings. The van der Waals surface area contributed by atoms with Gasteiger partial charge in [0.1, 0.15) is 18.0 Å². The van der Waals surface area contributed by atoms with E-state index in [1.165, 1.54) is 0 Å². The summed E-state index contributed by atoms with van der Waals surface area (Å²) in [6.07, 6.45) is 3.31. The molecule has 9 heteroatoms. The molecule has 1 saturated carbocycles. The Hall–Kier alpha value is -1.45. The molecule has 0 aromatic carbocycles. The van der Waals surface area contributed by atoms with Gasteiger partial charge in [-0.25, -0.2) is 23.1 Å². The number of hydrogen-bond acceptors (Lipinski definition) is 7. The van der Waals surface area contributed by atoms with Crippen molar-refractivity contribution in [2.75, 3.05) is 50.1 Å². The van der Waals surface area contributed by atoms with E-state index in [1.807, 2.05) is 25.1 Å². The lowest BCUT2D eigenvalue weighted by molar-refractivity contribution is 0.111. The minimum absolute atomic E-state index is 0.146. The summed E-state index contributed by atoms with van der Waals surface area (Å²) < 4.78 is 32.8. The van der Waals surface area contributed by atoms with Crippen LogP contribution in [0.4, 0.5) is 11.6 Å². The highest BCUT2D eigenvalue weighted by atomic mass is 32.2. The van der Waals surface area contributed by atoms with Crippen molar-refractivity contribution in [1.29, 1.82) is 0 Å². The van der Waals surface area contributed by atoms with Crippen LogP contribution < -0.4 is 14.5 Å². The van der Waals surface area contributed by atoms with Crippen molar-refractivity contribution in [2.45, 2.75) is 24.2 Å². The summed E-state index contributed by atoms with van der Waals surface area (Å²) in [5, 5.41) is -0.170. The van der Waals surface area contributed by atoms with Crippen molar-refractivity contribution in [3.63, 3.8) is 0 Å². The first-order valence-electron chi connectivity index (χ1n) is 8.78. The summed E-state index contributed by atoms with van der Waals surface area (Å²) in [7, 11) is 0.779. The first kappa shape index (κ1) is 17.0. The first-order valence-corrected chi connectivity index (χ1v) is 10.3. The van der Waals surface area contributed by atoms with Crippen molar-refractivity contribution < 1.29 is 13.2 Å². The van der Waals surface area contributed by atoms with Crippen LogP contribution in [0.5, 0.6) is 0 Å². The van der Waals surface area contributed by atoms with Gasteiger partial charge < -0.3 is 14.5 Å². The number of hydrogen-bond donors (Lipinski definition) is 1. The van der Waals surface area contributed by atoms with E-state index < -0.39 is 10.0 Å². The van der Waals surface area contributed by atoms with Crippen molar-refractivity contribution in [3.8, 4) is 0 Å². The van der Waals surface area contributed by atoms with E-state index in [2.05, 4.69) is 19.6 Å². The maximum Gasteiger partial charge on any atom is 0.214 e. The highest BCUT2D eigenvalue weighted by Gasteiger charge is 2.45. The molecule has 0 unspecified atom stereocenters. The van der Waals surface area contributed by atoms with E-state index in [0.717, 1.165) is 37.6 Å². The van der Waals surface area contributed by atoms with Crippen LogP contribution in [-0.4, -0.2) is 70.1 Å². The van der Waals surface area contributed by atoms with Gasteiger partial charge in [-0.3, -0.25) is 0 Å². The Morgan fingerprint density at radius 3 is 2.84 bits per heavy atom. The van der Waals surface area contributed by atoms with Crippen LogP contribution >= 0.6 is 0 Å². The molecule has 2 saturated heterocycles. The van der Waals surface area contributed by atoms with Crippen LogP contribution in [0, 0.1) is 11.8 Å². The number of rotatable bonds is 6. The van der Waals surface area contributed by atoms with Gasteiger partial charge in [-0.2, -0.15) is 0 Å². The molecule has 3 heterocycles. The molecule has 2 aliphatic heterocycles. The Balaban J connectivity index is 1.40. The predicted molar refractivity (Wildman–Crippen MR) is 95.2 cm³/mol. The summed E-state index contributed by atoms with van der Waals surface area (Å²) in [6, 6.07) is 1.98. The summed E-state index contributed by atoms with van der Waals surface area (Å²) in [5.74, 6) is 2.32. The largest absolute Gasteiger partial charge is 0.376 e. The quantitative estimate of drug-likeness (QED) is 0.761. The van der Waals surface area contributed by atoms with E-state index in [4.69, 9.17) is 4.74 Å². The molecule has 1 N–H and O–H groups in total. The van der Waals surface area contributed by atoms with E-state index in [-0.39, 0.29) is 17.3 Å². The topological polar surface area (TPSA) is 87.7 Å². The molecule has 0 spiro atoms. The van der Waals surface area contributed by atoms with Gasteiger partial charge in [-0.1, -0.05) is 0 Å². The second-order valence-electron chi connectivity index (χ2n) is 7.42. The molecule has 138 valence electrons. The normalized spacial score (nSPS) is 29.0. The Bertz CT molecular complexity index is 737. The highest BCUT2D eigenvalue weighted by molar-refractivity contribution is 7.90. The molecule has 1 aliphatic carbocycles. The van der Waals surface area contributed by atoms with E-state index in [0.29, 0.717) is 19.1 Å². The summed E-state index contributed by atoms with van der Waals surface area (Å²) in [6.45, 7) is 2.73. The lowest BCUT2D eigenvalue weighted by atomic mass is 9.93. The maximum absolute atomic E-state index is 12.0. The standard InChI is InChI=1S/C16H25N5O3S/c1-20(2)15-5-16(18-10-17-15)21-7-13-11(9-24-14(13)8-21)6-19-25(22,23)12-3-4-12/h5,10-14,19H,3-4,6-9H2,1-2H3/t11-,13+,14+/m1/s1. The molecule has 0 bridgehead atoms. The van der Waals surface area contributed by atoms with Crippen LogP contribution in [0.3, 0.4) is 0 Å². The average Bonchev–Trinajstić information content (AvgIpc) is 3.26. The molecule has 8 nitrogen and oxygen atoms in total. The lowest BCUT2D eigenvalue weighted by Gasteiger charge is -2.22. The zero-order valence-electron chi connectivity index (χ0n) is 14.6. The van der Waals surface area contributed by atoms with Gasteiger partial charge in [0, 0.05) is 51.6 Å². The van der Waals surface area contributed by atoms with Gasteiger partial charge in [0.25, 0.3) is 0 Å². The van der Waals surface area contributed by atoms with Gasteiger partial charge >= 0.3 is 0 Å². The van der Waals surface area contributed by atoms with E-state index >= 15 is 0 Å². The molecular formula is C16H25N5O3S. The predicted octanol–water partition coefficient (Wildman–Crippen LogP) is 0.0756. The third-order valence-electron chi connectivity index (χ3n) is 5.37. The minimum atomic E-state index is -3.13. The number of sulfonamides is 1. The van der Waals surface area contributed by atoms with Crippen molar-refractivity contribution >= 4 is 21.7 Å². The molecule has 3 fully saturated rings. The number of ether oxygens (including phenoxy) is 1. The van der Waals surface area contributed by atoms with Crippen molar-refractivity contribution in [3.05, 3.63) is 12.4 Å². The summed E-state index contributed by atoms with van der Waals surface area (Å²) in [5.41, 5.74) is 0. The van der Waals surface area contributed by atoms with Crippen LogP contribution in [0.2, 0.25) is 0 Å². The number of fused-ring (bicyclic) bond motifs is 1. The fourth-order valence-electron chi connectivity index (χ4n) is 3.67. The Morgan fingerprint density at radius 2 is 2.12 bits per heavy atom. The smallest absolute Gasteiger partial charge is 0.214 e. The Labute approximate surface area is 148 Å². The van der Waals surface area contributed by atoms with Crippen LogP contribution in [0.25, 0.3) is 0 Å². The van der Waals surface area contributed by atoms with Crippen LogP contribution in [0.1, 0.15) is 12.8 Å². The monoisotopic (exact) mass is 367 g/mol. The number of aromatic nitrogens is 2. The lowest BCUT2D eigenvalue weighted by Crippen LogP contribution is -2.36. The minimum Gasteiger partial charge on any atom is -0.376 e. The van der Waals surface area contributed by atoms with Gasteiger partial charge in [0.05, 0.1) is 18.0 Å². The SMILES string of the molecule is CN(C)c1cc(N2C[C@H]3[C@H](CNS(=O)(=O)C4CC4)CO[C@H]3C2)ncn1. The molecule has 1 aromatic heterocycles. The van der Waals surface area contributed by atoms with Crippen molar-refractivity contribution in [1.82, 2.24) is 14.7 Å². The van der Waals surface area contributed by atoms with Crippen molar-refractivity contribution in [2.24, 2.45) is 11.8 Å². The summed E-state index contributed by atoms with van der Waals surface area (Å²) >= 11 is 0. The number of anilines is 2. The third-order valence-corrected chi connectivity index (χ3v) is 7.29. The average molecular weight is 367 g/mol. The second-order valence-corrected chi connectivity index (χ2v) is 9.47. The molecular weight excluding hydrogens is 342 g/mol.